The number of ether oxygens (including phenoxy) is 1. The molecule has 1 aliphatic heterocycles. The number of amides is 1. The Morgan fingerprint density at radius 2 is 1.65 bits per heavy atom. The van der Waals surface area contributed by atoms with E-state index in [-0.39, 0.29) is 5.91 Å². The molecular weight excluding hydrogens is 436 g/mol. The van der Waals surface area contributed by atoms with Gasteiger partial charge in [-0.2, -0.15) is 0 Å². The Balaban J connectivity index is 1.58. The first kappa shape index (κ1) is 23.6. The van der Waals surface area contributed by atoms with Gasteiger partial charge >= 0.3 is 0 Å². The quantitative estimate of drug-likeness (QED) is 0.653. The molecule has 0 spiro atoms. The van der Waals surface area contributed by atoms with Gasteiger partial charge in [-0.05, 0) is 62.2 Å². The highest BCUT2D eigenvalue weighted by Crippen LogP contribution is 2.23. The molecule has 2 aromatic carbocycles. The van der Waals surface area contributed by atoms with Gasteiger partial charge in [0.25, 0.3) is 5.91 Å². The van der Waals surface area contributed by atoms with E-state index in [9.17, 15) is 13.2 Å². The van der Waals surface area contributed by atoms with Crippen molar-refractivity contribution < 1.29 is 17.9 Å². The summed E-state index contributed by atoms with van der Waals surface area (Å²) in [6.07, 6.45) is 2.07. The van der Waals surface area contributed by atoms with E-state index in [0.717, 1.165) is 31.6 Å². The Bertz CT molecular complexity index is 1000. The third-order valence-corrected chi connectivity index (χ3v) is 6.72. The van der Waals surface area contributed by atoms with Crippen LogP contribution in [0.3, 0.4) is 0 Å². The van der Waals surface area contributed by atoms with Crippen molar-refractivity contribution in [2.45, 2.75) is 37.3 Å². The number of hydrogen-bond donors (Lipinski definition) is 0. The monoisotopic (exact) mass is 464 g/mol. The summed E-state index contributed by atoms with van der Waals surface area (Å²) in [5.74, 6) is 0.568. The van der Waals surface area contributed by atoms with Crippen LogP contribution in [-0.4, -0.2) is 62.2 Å². The molecule has 0 aliphatic carbocycles. The number of rotatable bonds is 6. The van der Waals surface area contributed by atoms with Crippen molar-refractivity contribution in [3.63, 3.8) is 0 Å². The first-order valence-electron chi connectivity index (χ1n) is 10.3. The van der Waals surface area contributed by atoms with Crippen LogP contribution in [-0.2, 0) is 21.2 Å². The molecule has 0 N–H and O–H groups in total. The van der Waals surface area contributed by atoms with Gasteiger partial charge in [0.15, 0.2) is 15.4 Å². The maximum atomic E-state index is 13.1. The molecule has 1 fully saturated rings. The lowest BCUT2D eigenvalue weighted by molar-refractivity contribution is -0.145. The number of halogens is 1. The van der Waals surface area contributed by atoms with Gasteiger partial charge in [-0.1, -0.05) is 23.7 Å². The molecule has 2 aromatic rings. The number of hydrogen-bond acceptors (Lipinski definition) is 5. The van der Waals surface area contributed by atoms with Crippen molar-refractivity contribution in [2.75, 3.05) is 32.4 Å². The Morgan fingerprint density at radius 1 is 1.00 bits per heavy atom. The molecule has 6 nitrogen and oxygen atoms in total. The molecule has 0 saturated carbocycles. The molecule has 1 amide bonds. The van der Waals surface area contributed by atoms with E-state index in [1.54, 1.807) is 50.2 Å². The topological polar surface area (TPSA) is 66.9 Å². The van der Waals surface area contributed by atoms with Crippen LogP contribution in [0.4, 0.5) is 0 Å². The summed E-state index contributed by atoms with van der Waals surface area (Å²) in [6.45, 7) is 7.21. The zero-order chi connectivity index (χ0) is 22.6. The van der Waals surface area contributed by atoms with Crippen LogP contribution in [0.15, 0.2) is 53.4 Å². The molecule has 31 heavy (non-hydrogen) atoms. The van der Waals surface area contributed by atoms with Gasteiger partial charge in [-0.15, -0.1) is 0 Å². The van der Waals surface area contributed by atoms with E-state index in [2.05, 4.69) is 4.90 Å². The maximum absolute atomic E-state index is 13.1. The molecule has 1 heterocycles. The molecule has 0 bridgehead atoms. The fourth-order valence-corrected chi connectivity index (χ4v) is 4.41. The predicted octanol–water partition coefficient (Wildman–Crippen LogP) is 3.64. The normalized spacial score (nSPS) is 16.1. The van der Waals surface area contributed by atoms with Crippen LogP contribution in [0.25, 0.3) is 0 Å². The van der Waals surface area contributed by atoms with E-state index in [1.165, 1.54) is 6.26 Å². The Labute approximate surface area is 189 Å². The van der Waals surface area contributed by atoms with Gasteiger partial charge < -0.3 is 9.64 Å². The van der Waals surface area contributed by atoms with Crippen LogP contribution in [0.1, 0.15) is 25.8 Å². The minimum Gasteiger partial charge on any atom is -0.478 e. The summed E-state index contributed by atoms with van der Waals surface area (Å²) >= 11 is 5.92. The molecule has 0 unspecified atom stereocenters. The van der Waals surface area contributed by atoms with Gasteiger partial charge in [0.05, 0.1) is 4.90 Å². The average molecular weight is 465 g/mol. The van der Waals surface area contributed by atoms with Crippen molar-refractivity contribution in [1.82, 2.24) is 9.80 Å². The van der Waals surface area contributed by atoms with Gasteiger partial charge in [0, 0.05) is 44.0 Å². The third kappa shape index (κ3) is 6.45. The molecule has 0 aromatic heterocycles. The molecule has 0 radical (unpaired) electrons. The Morgan fingerprint density at radius 3 is 2.26 bits per heavy atom. The molecule has 1 aliphatic rings. The van der Waals surface area contributed by atoms with Crippen LogP contribution in [0.5, 0.6) is 5.75 Å². The van der Waals surface area contributed by atoms with Gasteiger partial charge in [-0.25, -0.2) is 8.42 Å². The van der Waals surface area contributed by atoms with Gasteiger partial charge in [0.2, 0.25) is 0 Å². The average Bonchev–Trinajstić information content (AvgIpc) is 2.94. The fourth-order valence-electron chi connectivity index (χ4n) is 3.65. The summed E-state index contributed by atoms with van der Waals surface area (Å²) in [4.78, 5) is 17.6. The smallest absolute Gasteiger partial charge is 0.266 e. The standard InChI is InChI=1S/C23H29ClN2O4S/c1-23(2,30-20-9-7-19(24)8-10-20)22(27)26-14-4-13-25(15-16-26)17-18-5-11-21(12-6-18)31(3,28)29/h5-12H,4,13-17H2,1-3H3. The molecule has 3 rings (SSSR count). The summed E-state index contributed by atoms with van der Waals surface area (Å²) in [5, 5.41) is 0.620. The number of sulfone groups is 1. The van der Waals surface area contributed by atoms with Crippen LogP contribution < -0.4 is 4.74 Å². The second-order valence-corrected chi connectivity index (χ2v) is 10.9. The number of carbonyl (C=O) groups is 1. The second-order valence-electron chi connectivity index (χ2n) is 8.40. The maximum Gasteiger partial charge on any atom is 0.266 e. The third-order valence-electron chi connectivity index (χ3n) is 5.34. The highest BCUT2D eigenvalue weighted by Gasteiger charge is 2.35. The van der Waals surface area contributed by atoms with Gasteiger partial charge in [0.1, 0.15) is 5.75 Å². The van der Waals surface area contributed by atoms with Crippen molar-refractivity contribution in [3.05, 3.63) is 59.1 Å². The summed E-state index contributed by atoms with van der Waals surface area (Å²) in [5.41, 5.74) is 0.0726. The Kier molecular flexibility index (Phi) is 7.29. The zero-order valence-electron chi connectivity index (χ0n) is 18.2. The van der Waals surface area contributed by atoms with Crippen molar-refractivity contribution >= 4 is 27.3 Å². The van der Waals surface area contributed by atoms with E-state index >= 15 is 0 Å². The fraction of sp³-hybridized carbons (Fsp3) is 0.435. The van der Waals surface area contributed by atoms with Crippen LogP contribution in [0.2, 0.25) is 5.02 Å². The molecule has 0 atom stereocenters. The Hall–Kier alpha value is -2.09. The van der Waals surface area contributed by atoms with E-state index in [0.29, 0.717) is 28.8 Å². The molecule has 1 saturated heterocycles. The predicted molar refractivity (Wildman–Crippen MR) is 122 cm³/mol. The summed E-state index contributed by atoms with van der Waals surface area (Å²) in [6, 6.07) is 14.0. The van der Waals surface area contributed by atoms with Crippen molar-refractivity contribution in [3.8, 4) is 5.75 Å². The molecular formula is C23H29ClN2O4S. The SMILES string of the molecule is CC(C)(Oc1ccc(Cl)cc1)C(=O)N1CCCN(Cc2ccc(S(C)(=O)=O)cc2)CC1. The first-order valence-corrected chi connectivity index (χ1v) is 12.6. The minimum atomic E-state index is -3.19. The van der Waals surface area contributed by atoms with Crippen molar-refractivity contribution in [1.29, 1.82) is 0 Å². The number of carbonyl (C=O) groups excluding carboxylic acids is 1. The highest BCUT2D eigenvalue weighted by molar-refractivity contribution is 7.90. The molecule has 8 heteroatoms. The van der Waals surface area contributed by atoms with Crippen LogP contribution in [0, 0.1) is 0 Å². The van der Waals surface area contributed by atoms with Gasteiger partial charge in [-0.3, -0.25) is 9.69 Å². The molecule has 168 valence electrons. The second kappa shape index (κ2) is 9.59. The van der Waals surface area contributed by atoms with Crippen molar-refractivity contribution in [2.24, 2.45) is 0 Å². The summed E-state index contributed by atoms with van der Waals surface area (Å²) < 4.78 is 29.2. The minimum absolute atomic E-state index is 0.0400. The van der Waals surface area contributed by atoms with E-state index in [1.807, 2.05) is 17.0 Å². The number of nitrogens with zero attached hydrogens (tertiary/aromatic N) is 2. The summed E-state index contributed by atoms with van der Waals surface area (Å²) in [7, 11) is -3.19. The van der Waals surface area contributed by atoms with E-state index in [4.69, 9.17) is 16.3 Å². The van der Waals surface area contributed by atoms with Crippen LogP contribution >= 0.6 is 11.6 Å². The lowest BCUT2D eigenvalue weighted by Crippen LogP contribution is -2.50. The lowest BCUT2D eigenvalue weighted by Gasteiger charge is -2.32. The van der Waals surface area contributed by atoms with E-state index < -0.39 is 15.4 Å². The highest BCUT2D eigenvalue weighted by atomic mass is 35.5. The largest absolute Gasteiger partial charge is 0.478 e. The lowest BCUT2D eigenvalue weighted by atomic mass is 10.1. The first-order chi connectivity index (χ1) is 14.5. The number of benzene rings is 2. The zero-order valence-corrected chi connectivity index (χ0v) is 19.7.